The second kappa shape index (κ2) is 9.44. The molecule has 0 aromatic rings. The number of hydrogen-bond acceptors (Lipinski definition) is 6. The molecule has 0 bridgehead atoms. The lowest BCUT2D eigenvalue weighted by atomic mass is 9.44. The van der Waals surface area contributed by atoms with Crippen molar-refractivity contribution in [2.45, 2.75) is 97.0 Å². The summed E-state index contributed by atoms with van der Waals surface area (Å²) in [4.78, 5) is 0. The Hall–Kier alpha value is -0.210. The summed E-state index contributed by atoms with van der Waals surface area (Å²) in [7, 11) is -4.63. The fourth-order valence-electron chi connectivity index (χ4n) is 9.27. The fourth-order valence-corrected chi connectivity index (χ4v) is 9.59. The highest BCUT2D eigenvalue weighted by Gasteiger charge is 2.60. The summed E-state index contributed by atoms with van der Waals surface area (Å²) in [5.74, 6) is 3.85. The van der Waals surface area contributed by atoms with E-state index in [1.807, 2.05) is 0 Å². The van der Waals surface area contributed by atoms with Crippen molar-refractivity contribution >= 4 is 10.4 Å². The minimum Gasteiger partial charge on any atom is -0.726 e. The van der Waals surface area contributed by atoms with Gasteiger partial charge in [0.1, 0.15) is 0 Å². The van der Waals surface area contributed by atoms with E-state index in [-0.39, 0.29) is 24.7 Å². The Balaban J connectivity index is 1.45. The van der Waals surface area contributed by atoms with Gasteiger partial charge in [-0.3, -0.25) is 4.18 Å². The molecule has 0 aromatic heterocycles. The Bertz CT molecular complexity index is 756. The Labute approximate surface area is 194 Å². The van der Waals surface area contributed by atoms with Crippen LogP contribution in [0.3, 0.4) is 0 Å². The molecular weight excluding hydrogens is 428 g/mol. The van der Waals surface area contributed by atoms with Crippen LogP contribution in [-0.4, -0.2) is 42.5 Å². The molecule has 32 heavy (non-hydrogen) atoms. The van der Waals surface area contributed by atoms with E-state index in [4.69, 9.17) is 0 Å². The number of aliphatic hydroxyl groups excluding tert-OH is 2. The molecular formula is C25H43O6S-. The van der Waals surface area contributed by atoms with Gasteiger partial charge < -0.3 is 14.8 Å². The van der Waals surface area contributed by atoms with Gasteiger partial charge in [0.15, 0.2) is 0 Å². The van der Waals surface area contributed by atoms with E-state index in [9.17, 15) is 23.2 Å². The Kier molecular flexibility index (Phi) is 7.35. The van der Waals surface area contributed by atoms with E-state index < -0.39 is 10.4 Å². The maximum Gasteiger partial charge on any atom is 0.217 e. The second-order valence-electron chi connectivity index (χ2n) is 12.0. The van der Waals surface area contributed by atoms with Gasteiger partial charge in [-0.05, 0) is 123 Å². The fraction of sp³-hybridized carbons (Fsp3) is 1.00. The third-order valence-electron chi connectivity index (χ3n) is 10.7. The van der Waals surface area contributed by atoms with Crippen molar-refractivity contribution in [1.29, 1.82) is 0 Å². The zero-order valence-electron chi connectivity index (χ0n) is 19.9. The summed E-state index contributed by atoms with van der Waals surface area (Å²) in [6, 6.07) is 0. The molecule has 7 heteroatoms. The van der Waals surface area contributed by atoms with E-state index >= 15 is 0 Å². The normalized spacial score (nSPS) is 45.0. The molecule has 0 aliphatic heterocycles. The van der Waals surface area contributed by atoms with Gasteiger partial charge in [-0.25, -0.2) is 8.42 Å². The largest absolute Gasteiger partial charge is 0.726 e. The molecule has 0 radical (unpaired) electrons. The molecule has 2 N–H and O–H groups in total. The first-order chi connectivity index (χ1) is 15.1. The third-order valence-corrected chi connectivity index (χ3v) is 11.2. The number of fused-ring (bicyclic) bond motifs is 5. The van der Waals surface area contributed by atoms with Crippen molar-refractivity contribution in [1.82, 2.24) is 0 Å². The summed E-state index contributed by atoms with van der Waals surface area (Å²) in [6.07, 6.45) is 12.6. The molecule has 186 valence electrons. The van der Waals surface area contributed by atoms with Crippen LogP contribution in [0.5, 0.6) is 0 Å². The third kappa shape index (κ3) is 4.66. The molecule has 4 aliphatic rings. The molecule has 0 saturated heterocycles. The molecule has 4 fully saturated rings. The summed E-state index contributed by atoms with van der Waals surface area (Å²) in [6.45, 7) is 5.11. The first kappa shape index (κ1) is 24.9. The first-order valence-electron chi connectivity index (χ1n) is 13.0. The zero-order chi connectivity index (χ0) is 23.1. The quantitative estimate of drug-likeness (QED) is 0.311. The highest BCUT2D eigenvalue weighted by Crippen LogP contribution is 2.68. The molecule has 0 amide bonds. The van der Waals surface area contributed by atoms with Crippen molar-refractivity contribution < 1.29 is 27.4 Å². The van der Waals surface area contributed by atoms with Crippen LogP contribution in [0.25, 0.3) is 0 Å². The summed E-state index contributed by atoms with van der Waals surface area (Å²) in [5.41, 5.74) is 0.664. The van der Waals surface area contributed by atoms with Crippen molar-refractivity contribution in [2.75, 3.05) is 13.2 Å². The Morgan fingerprint density at radius 3 is 2.44 bits per heavy atom. The standard InChI is InChI=1S/C25H44O6S/c1-24-12-9-19(27)16-18(24)5-6-20-22-8-7-21(25(22,2)13-10-23(20)24)17(11-14-26)4-3-15-31-32(28,29)30/h17-23,26-27H,3-16H2,1-2H3,(H,28,29,30)/p-1/t17-,18-,19-,20?,21?,22?,23?,24-,25+/m0/s1. The monoisotopic (exact) mass is 471 g/mol. The molecule has 9 atom stereocenters. The summed E-state index contributed by atoms with van der Waals surface area (Å²) >= 11 is 0. The highest BCUT2D eigenvalue weighted by molar-refractivity contribution is 7.80. The van der Waals surface area contributed by atoms with Crippen molar-refractivity contribution in [3.8, 4) is 0 Å². The molecule has 0 spiro atoms. The minimum atomic E-state index is -4.63. The van der Waals surface area contributed by atoms with Crippen LogP contribution in [0.4, 0.5) is 0 Å². The van der Waals surface area contributed by atoms with E-state index in [2.05, 4.69) is 18.0 Å². The van der Waals surface area contributed by atoms with Gasteiger partial charge in [-0.15, -0.1) is 0 Å². The van der Waals surface area contributed by atoms with Crippen LogP contribution < -0.4 is 0 Å². The molecule has 4 aliphatic carbocycles. The smallest absolute Gasteiger partial charge is 0.217 e. The van der Waals surface area contributed by atoms with Gasteiger partial charge >= 0.3 is 0 Å². The molecule has 4 rings (SSSR count). The minimum absolute atomic E-state index is 0.0586. The maximum absolute atomic E-state index is 10.7. The van der Waals surface area contributed by atoms with Crippen molar-refractivity contribution in [3.63, 3.8) is 0 Å². The van der Waals surface area contributed by atoms with E-state index in [0.717, 1.165) is 43.4 Å². The second-order valence-corrected chi connectivity index (χ2v) is 13.0. The van der Waals surface area contributed by atoms with Gasteiger partial charge in [-0.1, -0.05) is 13.8 Å². The zero-order valence-corrected chi connectivity index (χ0v) is 20.7. The number of aliphatic hydroxyl groups is 2. The van der Waals surface area contributed by atoms with E-state index in [1.165, 1.54) is 44.9 Å². The van der Waals surface area contributed by atoms with Gasteiger partial charge in [0.25, 0.3) is 0 Å². The summed E-state index contributed by atoms with van der Waals surface area (Å²) in [5, 5.41) is 20.0. The maximum atomic E-state index is 10.7. The van der Waals surface area contributed by atoms with Crippen LogP contribution in [0.2, 0.25) is 0 Å². The SMILES string of the molecule is C[C@]12CCC3C(CC[C@H]4C[C@@H](O)CC[C@]34C)C1CCC2[C@H](CCO)CCCOS(=O)(=O)[O-]. The predicted molar refractivity (Wildman–Crippen MR) is 121 cm³/mol. The van der Waals surface area contributed by atoms with Crippen LogP contribution in [-0.2, 0) is 14.6 Å². The van der Waals surface area contributed by atoms with Crippen LogP contribution in [0, 0.1) is 46.3 Å². The molecule has 6 nitrogen and oxygen atoms in total. The lowest BCUT2D eigenvalue weighted by Gasteiger charge is -2.61. The van der Waals surface area contributed by atoms with Gasteiger partial charge in [0, 0.05) is 6.61 Å². The number of rotatable bonds is 8. The topological polar surface area (TPSA) is 107 Å². The molecule has 0 heterocycles. The lowest BCUT2D eigenvalue weighted by molar-refractivity contribution is -0.130. The predicted octanol–water partition coefficient (Wildman–Crippen LogP) is 4.26. The molecule has 4 unspecified atom stereocenters. The van der Waals surface area contributed by atoms with E-state index in [0.29, 0.717) is 29.6 Å². The molecule has 4 saturated carbocycles. The molecule has 0 aromatic carbocycles. The van der Waals surface area contributed by atoms with Crippen LogP contribution in [0.15, 0.2) is 0 Å². The number of hydrogen-bond donors (Lipinski definition) is 2. The van der Waals surface area contributed by atoms with Crippen molar-refractivity contribution in [2.24, 2.45) is 46.3 Å². The van der Waals surface area contributed by atoms with Crippen molar-refractivity contribution in [3.05, 3.63) is 0 Å². The Morgan fingerprint density at radius 2 is 1.72 bits per heavy atom. The van der Waals surface area contributed by atoms with E-state index in [1.54, 1.807) is 0 Å². The highest BCUT2D eigenvalue weighted by atomic mass is 32.3. The van der Waals surface area contributed by atoms with Gasteiger partial charge in [0.05, 0.1) is 12.7 Å². The average Bonchev–Trinajstić information content (AvgIpc) is 3.07. The van der Waals surface area contributed by atoms with Gasteiger partial charge in [0.2, 0.25) is 10.4 Å². The van der Waals surface area contributed by atoms with Gasteiger partial charge in [-0.2, -0.15) is 0 Å². The first-order valence-corrected chi connectivity index (χ1v) is 14.3. The Morgan fingerprint density at radius 1 is 1.00 bits per heavy atom. The average molecular weight is 472 g/mol. The van der Waals surface area contributed by atoms with Crippen LogP contribution in [0.1, 0.15) is 90.9 Å². The van der Waals surface area contributed by atoms with Crippen LogP contribution >= 0.6 is 0 Å². The summed E-state index contributed by atoms with van der Waals surface area (Å²) < 4.78 is 36.7. The lowest BCUT2D eigenvalue weighted by Crippen LogP contribution is -2.54.